The van der Waals surface area contributed by atoms with Gasteiger partial charge in [-0.05, 0) is 29.8 Å². The van der Waals surface area contributed by atoms with Gasteiger partial charge in [-0.3, -0.25) is 14.2 Å². The smallest absolute Gasteiger partial charge is 0.247 e. The molecule has 2 rings (SSSR count). The molecular formula is C13H17BrClN5O. The Kier molecular flexibility index (Phi) is 5.05. The molecule has 0 aliphatic rings. The van der Waals surface area contributed by atoms with Gasteiger partial charge in [-0.2, -0.15) is 10.2 Å². The first-order valence-electron chi connectivity index (χ1n) is 6.58. The summed E-state index contributed by atoms with van der Waals surface area (Å²) in [5, 5.41) is 9.00. The van der Waals surface area contributed by atoms with Crippen LogP contribution in [0.3, 0.4) is 0 Å². The van der Waals surface area contributed by atoms with E-state index in [0.29, 0.717) is 11.6 Å². The Balaban J connectivity index is 2.06. The van der Waals surface area contributed by atoms with Crippen molar-refractivity contribution >= 4 is 33.4 Å². The van der Waals surface area contributed by atoms with E-state index in [0.717, 1.165) is 16.7 Å². The van der Waals surface area contributed by atoms with Gasteiger partial charge in [0.15, 0.2) is 0 Å². The lowest BCUT2D eigenvalue weighted by Gasteiger charge is -2.21. The molecule has 2 aromatic rings. The zero-order valence-electron chi connectivity index (χ0n) is 12.1. The Hall–Kier alpha value is -1.34. The SMILES string of the molecule is CCn1cc(Br)c(CN(C)C(=O)C(C)n2cc(Cl)cn2)n1. The third kappa shape index (κ3) is 3.65. The fourth-order valence-electron chi connectivity index (χ4n) is 1.97. The molecule has 0 radical (unpaired) electrons. The van der Waals surface area contributed by atoms with E-state index in [4.69, 9.17) is 11.6 Å². The molecule has 0 aliphatic carbocycles. The van der Waals surface area contributed by atoms with Crippen LogP contribution in [0.2, 0.25) is 5.02 Å². The van der Waals surface area contributed by atoms with E-state index in [1.807, 2.05) is 17.8 Å². The Morgan fingerprint density at radius 3 is 2.76 bits per heavy atom. The molecule has 0 fully saturated rings. The fourth-order valence-corrected chi connectivity index (χ4v) is 2.55. The number of rotatable bonds is 5. The summed E-state index contributed by atoms with van der Waals surface area (Å²) >= 11 is 9.30. The molecule has 21 heavy (non-hydrogen) atoms. The quantitative estimate of drug-likeness (QED) is 0.808. The highest BCUT2D eigenvalue weighted by molar-refractivity contribution is 9.10. The largest absolute Gasteiger partial charge is 0.338 e. The minimum atomic E-state index is -0.408. The van der Waals surface area contributed by atoms with Crippen LogP contribution in [0, 0.1) is 0 Å². The van der Waals surface area contributed by atoms with Crippen LogP contribution in [-0.2, 0) is 17.9 Å². The Bertz CT molecular complexity index is 638. The molecule has 0 aliphatic heterocycles. The minimum absolute atomic E-state index is 0.0484. The molecule has 0 saturated heterocycles. The second-order valence-corrected chi connectivity index (χ2v) is 6.08. The van der Waals surface area contributed by atoms with Gasteiger partial charge in [0.2, 0.25) is 5.91 Å². The minimum Gasteiger partial charge on any atom is -0.338 e. The first-order chi connectivity index (χ1) is 9.92. The summed E-state index contributed by atoms with van der Waals surface area (Å²) in [7, 11) is 1.75. The van der Waals surface area contributed by atoms with Gasteiger partial charge < -0.3 is 4.90 Å². The summed E-state index contributed by atoms with van der Waals surface area (Å²) in [6, 6.07) is -0.408. The predicted molar refractivity (Wildman–Crippen MR) is 84.0 cm³/mol. The molecule has 0 saturated carbocycles. The second kappa shape index (κ2) is 6.62. The Morgan fingerprint density at radius 2 is 2.24 bits per heavy atom. The third-order valence-corrected chi connectivity index (χ3v) is 4.06. The highest BCUT2D eigenvalue weighted by Gasteiger charge is 2.21. The molecule has 1 atom stereocenters. The number of hydrogen-bond donors (Lipinski definition) is 0. The lowest BCUT2D eigenvalue weighted by Crippen LogP contribution is -2.33. The number of amides is 1. The molecule has 6 nitrogen and oxygen atoms in total. The van der Waals surface area contributed by atoms with Crippen molar-refractivity contribution in [3.63, 3.8) is 0 Å². The van der Waals surface area contributed by atoms with E-state index in [1.165, 1.54) is 6.20 Å². The summed E-state index contributed by atoms with van der Waals surface area (Å²) in [6.45, 7) is 5.04. The van der Waals surface area contributed by atoms with Gasteiger partial charge in [0.05, 0.1) is 27.9 Å². The number of nitrogens with zero attached hydrogens (tertiary/aromatic N) is 5. The van der Waals surface area contributed by atoms with Crippen LogP contribution in [0.5, 0.6) is 0 Å². The molecule has 0 aromatic carbocycles. The zero-order chi connectivity index (χ0) is 15.6. The van der Waals surface area contributed by atoms with E-state index < -0.39 is 6.04 Å². The Morgan fingerprint density at radius 1 is 1.52 bits per heavy atom. The van der Waals surface area contributed by atoms with E-state index in [2.05, 4.69) is 26.1 Å². The maximum absolute atomic E-state index is 12.4. The summed E-state index contributed by atoms with van der Waals surface area (Å²) in [5.74, 6) is -0.0484. The lowest BCUT2D eigenvalue weighted by molar-refractivity contribution is -0.133. The predicted octanol–water partition coefficient (Wildman–Crippen LogP) is 2.74. The molecule has 0 spiro atoms. The van der Waals surface area contributed by atoms with Crippen LogP contribution >= 0.6 is 27.5 Å². The van der Waals surface area contributed by atoms with Crippen molar-refractivity contribution in [1.82, 2.24) is 24.5 Å². The fraction of sp³-hybridized carbons (Fsp3) is 0.462. The molecule has 0 N–H and O–H groups in total. The van der Waals surface area contributed by atoms with Crippen molar-refractivity contribution in [1.29, 1.82) is 0 Å². The van der Waals surface area contributed by atoms with Gasteiger partial charge in [0.1, 0.15) is 6.04 Å². The summed E-state index contributed by atoms with van der Waals surface area (Å²) < 4.78 is 4.29. The topological polar surface area (TPSA) is 56.0 Å². The number of aromatic nitrogens is 4. The van der Waals surface area contributed by atoms with Gasteiger partial charge >= 0.3 is 0 Å². The van der Waals surface area contributed by atoms with Crippen LogP contribution in [0.15, 0.2) is 23.1 Å². The summed E-state index contributed by atoms with van der Waals surface area (Å²) in [5.41, 5.74) is 0.832. The molecule has 1 unspecified atom stereocenters. The van der Waals surface area contributed by atoms with Gasteiger partial charge in [0, 0.05) is 26.0 Å². The number of carbonyl (C=O) groups excluding carboxylic acids is 1. The van der Waals surface area contributed by atoms with Crippen LogP contribution in [-0.4, -0.2) is 37.4 Å². The average Bonchev–Trinajstić information content (AvgIpc) is 3.04. The van der Waals surface area contributed by atoms with Crippen LogP contribution in [0.25, 0.3) is 0 Å². The van der Waals surface area contributed by atoms with Crippen LogP contribution in [0.4, 0.5) is 0 Å². The monoisotopic (exact) mass is 373 g/mol. The molecule has 114 valence electrons. The Labute approximate surface area is 136 Å². The van der Waals surface area contributed by atoms with Gasteiger partial charge in [0.25, 0.3) is 0 Å². The summed E-state index contributed by atoms with van der Waals surface area (Å²) in [6.07, 6.45) is 5.06. The number of carbonyl (C=O) groups is 1. The van der Waals surface area contributed by atoms with Crippen molar-refractivity contribution in [2.45, 2.75) is 33.0 Å². The van der Waals surface area contributed by atoms with Gasteiger partial charge in [-0.15, -0.1) is 0 Å². The zero-order valence-corrected chi connectivity index (χ0v) is 14.5. The maximum atomic E-state index is 12.4. The van der Waals surface area contributed by atoms with Crippen molar-refractivity contribution in [2.24, 2.45) is 0 Å². The second-order valence-electron chi connectivity index (χ2n) is 4.79. The van der Waals surface area contributed by atoms with Crippen molar-refractivity contribution in [3.05, 3.63) is 33.8 Å². The van der Waals surface area contributed by atoms with Crippen LogP contribution in [0.1, 0.15) is 25.6 Å². The standard InChI is InChI=1S/C13H17BrClN5O/c1-4-19-7-11(14)12(17-19)8-18(3)13(21)9(2)20-6-10(15)5-16-20/h5-7,9H,4,8H2,1-3H3. The normalized spacial score (nSPS) is 12.4. The first-order valence-corrected chi connectivity index (χ1v) is 7.76. The number of halogens is 2. The molecule has 2 heterocycles. The average molecular weight is 375 g/mol. The number of hydrogen-bond acceptors (Lipinski definition) is 3. The highest BCUT2D eigenvalue weighted by Crippen LogP contribution is 2.18. The van der Waals surface area contributed by atoms with Crippen molar-refractivity contribution in [3.8, 4) is 0 Å². The first kappa shape index (κ1) is 16.0. The van der Waals surface area contributed by atoms with Gasteiger partial charge in [-0.1, -0.05) is 11.6 Å². The highest BCUT2D eigenvalue weighted by atomic mass is 79.9. The molecule has 8 heteroatoms. The van der Waals surface area contributed by atoms with E-state index in [9.17, 15) is 4.79 Å². The van der Waals surface area contributed by atoms with Crippen molar-refractivity contribution < 1.29 is 4.79 Å². The molecular weight excluding hydrogens is 358 g/mol. The van der Waals surface area contributed by atoms with Gasteiger partial charge in [-0.25, -0.2) is 0 Å². The van der Waals surface area contributed by atoms with Crippen LogP contribution < -0.4 is 0 Å². The molecule has 0 bridgehead atoms. The number of likely N-dealkylation sites (N-methyl/N-ethyl adjacent to an activating group) is 1. The van der Waals surface area contributed by atoms with E-state index in [1.54, 1.807) is 29.7 Å². The van der Waals surface area contributed by atoms with E-state index >= 15 is 0 Å². The summed E-state index contributed by atoms with van der Waals surface area (Å²) in [4.78, 5) is 14.0. The molecule has 2 aromatic heterocycles. The van der Waals surface area contributed by atoms with Crippen molar-refractivity contribution in [2.75, 3.05) is 7.05 Å². The molecule has 1 amide bonds. The third-order valence-electron chi connectivity index (χ3n) is 3.20. The maximum Gasteiger partial charge on any atom is 0.247 e. The van der Waals surface area contributed by atoms with E-state index in [-0.39, 0.29) is 5.91 Å². The number of aryl methyl sites for hydroxylation is 1. The lowest BCUT2D eigenvalue weighted by atomic mass is 10.3.